The van der Waals surface area contributed by atoms with Crippen molar-refractivity contribution >= 4 is 28.6 Å². The lowest BCUT2D eigenvalue weighted by Crippen LogP contribution is -2.46. The highest BCUT2D eigenvalue weighted by molar-refractivity contribution is 8.03. The van der Waals surface area contributed by atoms with Crippen molar-refractivity contribution in [3.05, 3.63) is 130 Å². The van der Waals surface area contributed by atoms with Crippen LogP contribution in [0.5, 0.6) is 0 Å². The molecule has 1 saturated carbocycles. The number of benzene rings is 3. The molecule has 0 saturated heterocycles. The molecule has 48 heavy (non-hydrogen) atoms. The lowest BCUT2D eigenvalue weighted by Gasteiger charge is -2.46. The van der Waals surface area contributed by atoms with Crippen LogP contribution >= 0.6 is 11.8 Å². The molecule has 3 aromatic rings. The third-order valence-corrected chi connectivity index (χ3v) is 14.5. The van der Waals surface area contributed by atoms with Gasteiger partial charge in [0.2, 0.25) is 0 Å². The van der Waals surface area contributed by atoms with Crippen LogP contribution in [0.25, 0.3) is 11.1 Å². The van der Waals surface area contributed by atoms with Crippen LogP contribution in [0.15, 0.2) is 112 Å². The van der Waals surface area contributed by atoms with Gasteiger partial charge < -0.3 is 4.90 Å². The van der Waals surface area contributed by atoms with Crippen LogP contribution in [0.1, 0.15) is 113 Å². The first-order valence-corrected chi connectivity index (χ1v) is 19.8. The monoisotopic (exact) mass is 649 g/mol. The van der Waals surface area contributed by atoms with Crippen molar-refractivity contribution in [1.82, 2.24) is 0 Å². The standard InChI is InChI=1S/C46H51NS/c1-30-10-9-14-40-38-26-25-37(29-42(38)46(2,3)45(30)40)47(35-21-16-32(17-22-35)31-11-5-4-6-12-31)36-23-18-33(19-24-36)34-20-27-44-41(28-34)39-13-7-8-15-43(39)48-44/h4-9,11-16,25-27,29-30,33-36,41H,10,17-24,28H2,1-3H3. The number of fused-ring (bicyclic) bond motifs is 5. The summed E-state index contributed by atoms with van der Waals surface area (Å²) in [5, 5.41) is 0. The molecule has 1 nitrogen and oxygen atoms in total. The molecule has 1 heterocycles. The highest BCUT2D eigenvalue weighted by Gasteiger charge is 2.42. The van der Waals surface area contributed by atoms with Gasteiger partial charge in [0.05, 0.1) is 0 Å². The van der Waals surface area contributed by atoms with Gasteiger partial charge in [0.1, 0.15) is 0 Å². The van der Waals surface area contributed by atoms with Crippen LogP contribution in [0, 0.1) is 17.8 Å². The van der Waals surface area contributed by atoms with E-state index in [9.17, 15) is 0 Å². The molecule has 0 bridgehead atoms. The second-order valence-electron chi connectivity index (χ2n) is 16.3. The molecule has 0 spiro atoms. The van der Waals surface area contributed by atoms with Crippen molar-refractivity contribution in [3.8, 4) is 0 Å². The Morgan fingerprint density at radius 1 is 0.771 bits per heavy atom. The predicted molar refractivity (Wildman–Crippen MR) is 205 cm³/mol. The van der Waals surface area contributed by atoms with E-state index in [2.05, 4.69) is 123 Å². The SMILES string of the molecule is CC1CC=CC2=C1C(C)(C)c1cc(N(C3CC=C(c4ccccc4)CC3)C3CCC(C4CC=C5Sc6ccccc6C5C4)CC3)ccc12. The van der Waals surface area contributed by atoms with E-state index in [4.69, 9.17) is 0 Å². The predicted octanol–water partition coefficient (Wildman–Crippen LogP) is 12.5. The van der Waals surface area contributed by atoms with E-state index in [0.717, 1.165) is 18.3 Å². The third-order valence-electron chi connectivity index (χ3n) is 13.2. The van der Waals surface area contributed by atoms with E-state index in [1.54, 1.807) is 27.2 Å². The van der Waals surface area contributed by atoms with Crippen molar-refractivity contribution in [3.63, 3.8) is 0 Å². The van der Waals surface area contributed by atoms with Crippen LogP contribution < -0.4 is 4.90 Å². The molecule has 1 aliphatic heterocycles. The van der Waals surface area contributed by atoms with Crippen LogP contribution in [0.3, 0.4) is 0 Å². The zero-order chi connectivity index (χ0) is 32.4. The Hall–Kier alpha value is -3.23. The fourth-order valence-electron chi connectivity index (χ4n) is 10.9. The van der Waals surface area contributed by atoms with Gasteiger partial charge in [-0.1, -0.05) is 111 Å². The Kier molecular flexibility index (Phi) is 7.88. The van der Waals surface area contributed by atoms with Gasteiger partial charge in [0, 0.05) is 34.0 Å². The summed E-state index contributed by atoms with van der Waals surface area (Å²) in [6.07, 6.45) is 22.8. The van der Waals surface area contributed by atoms with Crippen LogP contribution in [-0.4, -0.2) is 12.1 Å². The minimum Gasteiger partial charge on any atom is -0.365 e. The summed E-state index contributed by atoms with van der Waals surface area (Å²) in [4.78, 5) is 6.09. The number of anilines is 1. The van der Waals surface area contributed by atoms with Gasteiger partial charge in [0.15, 0.2) is 0 Å². The first-order valence-electron chi connectivity index (χ1n) is 19.0. The van der Waals surface area contributed by atoms with Crippen LogP contribution in [0.4, 0.5) is 5.69 Å². The summed E-state index contributed by atoms with van der Waals surface area (Å²) in [5.74, 6) is 2.96. The van der Waals surface area contributed by atoms with Gasteiger partial charge in [-0.3, -0.25) is 0 Å². The van der Waals surface area contributed by atoms with Gasteiger partial charge in [0.25, 0.3) is 0 Å². The summed E-state index contributed by atoms with van der Waals surface area (Å²) in [5.41, 5.74) is 12.3. The van der Waals surface area contributed by atoms with E-state index in [1.807, 2.05) is 11.8 Å². The Bertz CT molecular complexity index is 1830. The minimum atomic E-state index is 0.0889. The number of nitrogens with zero attached hydrogens (tertiary/aromatic N) is 1. The smallest absolute Gasteiger partial charge is 0.0374 e. The molecule has 5 aliphatic carbocycles. The van der Waals surface area contributed by atoms with Crippen molar-refractivity contribution in [2.24, 2.45) is 17.8 Å². The molecular weight excluding hydrogens is 599 g/mol. The number of thioether (sulfide) groups is 1. The van der Waals surface area contributed by atoms with Gasteiger partial charge in [-0.15, -0.1) is 0 Å². The number of rotatable bonds is 5. The Labute approximate surface area is 293 Å². The fraction of sp³-hybridized carbons (Fsp3) is 0.435. The average molecular weight is 650 g/mol. The molecule has 1 fully saturated rings. The largest absolute Gasteiger partial charge is 0.365 e. The van der Waals surface area contributed by atoms with Crippen molar-refractivity contribution in [2.45, 2.75) is 113 Å². The van der Waals surface area contributed by atoms with Gasteiger partial charge in [-0.2, -0.15) is 0 Å². The average Bonchev–Trinajstić information content (AvgIpc) is 3.61. The fourth-order valence-corrected chi connectivity index (χ4v) is 12.2. The second-order valence-corrected chi connectivity index (χ2v) is 17.4. The zero-order valence-electron chi connectivity index (χ0n) is 29.1. The molecular formula is C46H51NS. The molecule has 4 atom stereocenters. The molecule has 3 aromatic carbocycles. The molecule has 9 rings (SSSR count). The number of hydrogen-bond acceptors (Lipinski definition) is 2. The van der Waals surface area contributed by atoms with E-state index >= 15 is 0 Å². The summed E-state index contributed by atoms with van der Waals surface area (Å²) >= 11 is 2.04. The lowest BCUT2D eigenvalue weighted by molar-refractivity contribution is 0.205. The minimum absolute atomic E-state index is 0.0889. The molecule has 4 unspecified atom stereocenters. The Balaban J connectivity index is 0.981. The molecule has 0 radical (unpaired) electrons. The second kappa shape index (κ2) is 12.3. The van der Waals surface area contributed by atoms with Crippen LogP contribution in [-0.2, 0) is 5.41 Å². The van der Waals surface area contributed by atoms with Gasteiger partial charge in [-0.05, 0) is 144 Å². The van der Waals surface area contributed by atoms with Crippen molar-refractivity contribution in [1.29, 1.82) is 0 Å². The van der Waals surface area contributed by atoms with Gasteiger partial charge >= 0.3 is 0 Å². The molecule has 0 N–H and O–H groups in total. The Morgan fingerprint density at radius 3 is 2.40 bits per heavy atom. The Morgan fingerprint density at radius 2 is 1.58 bits per heavy atom. The lowest BCUT2D eigenvalue weighted by atomic mass is 9.70. The van der Waals surface area contributed by atoms with E-state index in [1.165, 1.54) is 85.1 Å². The quantitative estimate of drug-likeness (QED) is 0.271. The maximum Gasteiger partial charge on any atom is 0.0374 e. The number of allylic oxidation sites excluding steroid dienone is 7. The van der Waals surface area contributed by atoms with Crippen LogP contribution in [0.2, 0.25) is 0 Å². The van der Waals surface area contributed by atoms with E-state index < -0.39 is 0 Å². The topological polar surface area (TPSA) is 3.24 Å². The first-order chi connectivity index (χ1) is 23.5. The first kappa shape index (κ1) is 30.8. The summed E-state index contributed by atoms with van der Waals surface area (Å²) in [6.45, 7) is 7.41. The molecule has 0 amide bonds. The highest BCUT2D eigenvalue weighted by atomic mass is 32.2. The highest BCUT2D eigenvalue weighted by Crippen LogP contribution is 2.56. The number of hydrogen-bond donors (Lipinski definition) is 0. The molecule has 2 heteroatoms. The summed E-state index contributed by atoms with van der Waals surface area (Å²) in [7, 11) is 0. The summed E-state index contributed by atoms with van der Waals surface area (Å²) in [6, 6.07) is 29.1. The van der Waals surface area contributed by atoms with E-state index in [-0.39, 0.29) is 5.41 Å². The third kappa shape index (κ3) is 5.20. The van der Waals surface area contributed by atoms with Gasteiger partial charge in [-0.25, -0.2) is 0 Å². The van der Waals surface area contributed by atoms with Crippen molar-refractivity contribution < 1.29 is 0 Å². The molecule has 6 aliphatic rings. The normalized spacial score (nSPS) is 30.1. The summed E-state index contributed by atoms with van der Waals surface area (Å²) < 4.78 is 0. The zero-order valence-corrected chi connectivity index (χ0v) is 29.9. The maximum atomic E-state index is 2.95. The molecule has 0 aromatic heterocycles. The van der Waals surface area contributed by atoms with E-state index in [0.29, 0.717) is 23.9 Å². The molecule has 246 valence electrons. The van der Waals surface area contributed by atoms with Crippen molar-refractivity contribution in [2.75, 3.05) is 4.90 Å². The maximum absolute atomic E-state index is 2.95.